The van der Waals surface area contributed by atoms with Crippen LogP contribution in [0, 0.1) is 0 Å². The second-order valence-electron chi connectivity index (χ2n) is 6.36. The summed E-state index contributed by atoms with van der Waals surface area (Å²) in [6.45, 7) is 0.886. The Morgan fingerprint density at radius 3 is 2.38 bits per heavy atom. The SMILES string of the molecule is O=C(NCc1ccc(Cl)c(Cl)c1)c1ccc(C(=O)NC[C@@H]2CC(=S(=O)=O)CN2)s1. The van der Waals surface area contributed by atoms with Crippen molar-refractivity contribution in [1.82, 2.24) is 16.0 Å². The van der Waals surface area contributed by atoms with Gasteiger partial charge in [-0.05, 0) is 29.8 Å². The predicted octanol–water partition coefficient (Wildman–Crippen LogP) is 2.13. The Labute approximate surface area is 182 Å². The second-order valence-corrected chi connectivity index (χ2v) is 9.31. The Balaban J connectivity index is 1.51. The number of carbonyl (C=O) groups is 2. The van der Waals surface area contributed by atoms with Crippen LogP contribution in [-0.4, -0.2) is 44.2 Å². The zero-order valence-corrected chi connectivity index (χ0v) is 18.1. The molecule has 0 unspecified atom stereocenters. The number of nitrogens with one attached hydrogen (secondary N) is 3. The van der Waals surface area contributed by atoms with Crippen LogP contribution in [0.5, 0.6) is 0 Å². The smallest absolute Gasteiger partial charge is 0.261 e. The van der Waals surface area contributed by atoms with Gasteiger partial charge in [0.2, 0.25) is 10.3 Å². The van der Waals surface area contributed by atoms with Crippen molar-refractivity contribution >= 4 is 61.5 Å². The van der Waals surface area contributed by atoms with Crippen molar-refractivity contribution in [2.45, 2.75) is 19.0 Å². The van der Waals surface area contributed by atoms with Crippen molar-refractivity contribution in [2.75, 3.05) is 13.1 Å². The van der Waals surface area contributed by atoms with Gasteiger partial charge in [-0.15, -0.1) is 11.3 Å². The molecule has 1 saturated heterocycles. The lowest BCUT2D eigenvalue weighted by Crippen LogP contribution is -2.36. The first-order chi connectivity index (χ1) is 13.8. The molecule has 2 heterocycles. The molecule has 0 saturated carbocycles. The molecule has 0 radical (unpaired) electrons. The fourth-order valence-electron chi connectivity index (χ4n) is 2.75. The Hall–Kier alpha value is -1.91. The molecule has 0 spiro atoms. The molecular weight excluding hydrogens is 457 g/mol. The molecule has 1 aliphatic rings. The van der Waals surface area contributed by atoms with Gasteiger partial charge in [0.1, 0.15) is 0 Å². The minimum Gasteiger partial charge on any atom is -0.350 e. The first-order valence-corrected chi connectivity index (χ1v) is 11.3. The molecule has 29 heavy (non-hydrogen) atoms. The Morgan fingerprint density at radius 1 is 1.07 bits per heavy atom. The van der Waals surface area contributed by atoms with Gasteiger partial charge in [0.25, 0.3) is 11.8 Å². The van der Waals surface area contributed by atoms with Crippen LogP contribution < -0.4 is 16.0 Å². The quantitative estimate of drug-likeness (QED) is 0.557. The van der Waals surface area contributed by atoms with Crippen LogP contribution in [0.4, 0.5) is 0 Å². The van der Waals surface area contributed by atoms with E-state index in [1.165, 1.54) is 0 Å². The molecule has 0 bridgehead atoms. The lowest BCUT2D eigenvalue weighted by Gasteiger charge is -2.10. The molecular formula is C18H17Cl2N3O4S2. The van der Waals surface area contributed by atoms with E-state index in [1.807, 2.05) is 0 Å². The highest BCUT2D eigenvalue weighted by atomic mass is 35.5. The van der Waals surface area contributed by atoms with Crippen LogP contribution in [0.1, 0.15) is 31.3 Å². The molecule has 1 atom stereocenters. The Kier molecular flexibility index (Phi) is 7.31. The van der Waals surface area contributed by atoms with E-state index in [9.17, 15) is 18.0 Å². The summed E-state index contributed by atoms with van der Waals surface area (Å²) in [6, 6.07) is 8.16. The van der Waals surface area contributed by atoms with Crippen molar-refractivity contribution < 1.29 is 18.0 Å². The zero-order valence-electron chi connectivity index (χ0n) is 15.0. The summed E-state index contributed by atoms with van der Waals surface area (Å²) >= 11 is 12.9. The van der Waals surface area contributed by atoms with E-state index in [-0.39, 0.29) is 24.4 Å². The molecule has 1 fully saturated rings. The number of halogens is 2. The second kappa shape index (κ2) is 9.73. The van der Waals surface area contributed by atoms with Crippen LogP contribution in [0.2, 0.25) is 10.0 Å². The minimum atomic E-state index is -2.20. The lowest BCUT2D eigenvalue weighted by atomic mass is 10.2. The topological polar surface area (TPSA) is 104 Å². The third kappa shape index (κ3) is 5.80. The van der Waals surface area contributed by atoms with E-state index in [0.717, 1.165) is 16.9 Å². The number of carbonyl (C=O) groups excluding carboxylic acids is 2. The van der Waals surface area contributed by atoms with Crippen LogP contribution >= 0.6 is 34.5 Å². The first-order valence-electron chi connectivity index (χ1n) is 8.61. The van der Waals surface area contributed by atoms with Crippen LogP contribution in [0.15, 0.2) is 30.3 Å². The van der Waals surface area contributed by atoms with Gasteiger partial charge in [0, 0.05) is 32.1 Å². The molecule has 3 rings (SSSR count). The number of amides is 2. The van der Waals surface area contributed by atoms with Gasteiger partial charge < -0.3 is 16.0 Å². The molecule has 3 N–H and O–H groups in total. The van der Waals surface area contributed by atoms with Crippen LogP contribution in [-0.2, 0) is 16.8 Å². The molecule has 2 aromatic rings. The number of hydrogen-bond acceptors (Lipinski definition) is 6. The highest BCUT2D eigenvalue weighted by molar-refractivity contribution is 7.73. The summed E-state index contributed by atoms with van der Waals surface area (Å²) in [6.07, 6.45) is 0.378. The Morgan fingerprint density at radius 2 is 1.76 bits per heavy atom. The standard InChI is InChI=1S/C18H17Cl2N3O4S2/c19-13-2-1-10(5-14(13)20)7-22-17(24)15-3-4-16(28-15)18(25)23-8-11-6-12(9-21-11)29(26)27/h1-5,11,21H,6-9H2,(H,22,24)(H,23,25)/t11-/m0/s1. The van der Waals surface area contributed by atoms with Gasteiger partial charge in [0.05, 0.1) is 24.7 Å². The number of benzene rings is 1. The molecule has 2 amide bonds. The van der Waals surface area contributed by atoms with Crippen molar-refractivity contribution in [3.05, 3.63) is 55.7 Å². The zero-order chi connectivity index (χ0) is 21.0. The maximum absolute atomic E-state index is 12.3. The van der Waals surface area contributed by atoms with Crippen molar-refractivity contribution in [2.24, 2.45) is 0 Å². The maximum atomic E-state index is 12.3. The lowest BCUT2D eigenvalue weighted by molar-refractivity contribution is 0.0948. The van der Waals surface area contributed by atoms with E-state index < -0.39 is 10.3 Å². The fraction of sp³-hybridized carbons (Fsp3) is 0.278. The van der Waals surface area contributed by atoms with Gasteiger partial charge in [-0.3, -0.25) is 9.59 Å². The van der Waals surface area contributed by atoms with Gasteiger partial charge in [-0.2, -0.15) is 8.42 Å². The minimum absolute atomic E-state index is 0.124. The molecule has 7 nitrogen and oxygen atoms in total. The monoisotopic (exact) mass is 473 g/mol. The summed E-state index contributed by atoms with van der Waals surface area (Å²) in [5.74, 6) is -0.605. The van der Waals surface area contributed by atoms with E-state index in [2.05, 4.69) is 16.0 Å². The fourth-order valence-corrected chi connectivity index (χ4v) is 4.45. The van der Waals surface area contributed by atoms with Gasteiger partial charge in [0.15, 0.2) is 0 Å². The largest absolute Gasteiger partial charge is 0.350 e. The molecule has 0 aliphatic carbocycles. The summed E-state index contributed by atoms with van der Waals surface area (Å²) in [5, 5.41) is 9.42. The van der Waals surface area contributed by atoms with E-state index >= 15 is 0 Å². The van der Waals surface area contributed by atoms with Gasteiger partial charge in [-0.1, -0.05) is 29.3 Å². The van der Waals surface area contributed by atoms with E-state index in [4.69, 9.17) is 23.2 Å². The van der Waals surface area contributed by atoms with E-state index in [0.29, 0.717) is 44.2 Å². The van der Waals surface area contributed by atoms with Gasteiger partial charge >= 0.3 is 0 Å². The molecule has 1 aromatic heterocycles. The van der Waals surface area contributed by atoms with E-state index in [1.54, 1.807) is 30.3 Å². The van der Waals surface area contributed by atoms with Crippen LogP contribution in [0.25, 0.3) is 0 Å². The molecule has 154 valence electrons. The van der Waals surface area contributed by atoms with Gasteiger partial charge in [-0.25, -0.2) is 0 Å². The molecule has 1 aromatic carbocycles. The van der Waals surface area contributed by atoms with Crippen molar-refractivity contribution in [3.63, 3.8) is 0 Å². The average Bonchev–Trinajstić information content (AvgIpc) is 3.36. The molecule has 1 aliphatic heterocycles. The number of hydrogen-bond donors (Lipinski definition) is 3. The highest BCUT2D eigenvalue weighted by Gasteiger charge is 2.22. The van der Waals surface area contributed by atoms with Crippen LogP contribution in [0.3, 0.4) is 0 Å². The number of thiophene rings is 1. The third-order valence-corrected chi connectivity index (χ3v) is 6.90. The predicted molar refractivity (Wildman–Crippen MR) is 115 cm³/mol. The normalized spacial score (nSPS) is 15.9. The molecule has 11 heteroatoms. The summed E-state index contributed by atoms with van der Waals surface area (Å²) in [4.78, 5) is 25.8. The summed E-state index contributed by atoms with van der Waals surface area (Å²) < 4.78 is 21.9. The van der Waals surface area contributed by atoms with Crippen molar-refractivity contribution in [3.8, 4) is 0 Å². The summed E-state index contributed by atoms with van der Waals surface area (Å²) in [7, 11) is -2.20. The first kappa shape index (κ1) is 21.8. The Bertz CT molecular complexity index is 1070. The maximum Gasteiger partial charge on any atom is 0.261 e. The highest BCUT2D eigenvalue weighted by Crippen LogP contribution is 2.22. The number of rotatable bonds is 6. The average molecular weight is 474 g/mol. The van der Waals surface area contributed by atoms with Crippen molar-refractivity contribution in [1.29, 1.82) is 0 Å². The summed E-state index contributed by atoms with van der Waals surface area (Å²) in [5.41, 5.74) is 0.807. The third-order valence-electron chi connectivity index (χ3n) is 4.30.